The quantitative estimate of drug-likeness (QED) is 0.209. The Morgan fingerprint density at radius 3 is 2.27 bits per heavy atom. The van der Waals surface area contributed by atoms with Crippen LogP contribution < -0.4 is 9.47 Å². The van der Waals surface area contributed by atoms with E-state index in [0.29, 0.717) is 22.4 Å². The third-order valence-corrected chi connectivity index (χ3v) is 5.70. The standard InChI is InChI=1S/C28H25NO4/c1-16-14-17(2)26-23(15-16)25(28(31)33-24-9-7-6-8-22(24)19(4)30)18(3)27(29-26)20-10-12-21(32-5)13-11-20/h6-15H,1-5H3. The normalized spacial score (nSPS) is 10.8. The zero-order valence-corrected chi connectivity index (χ0v) is 19.4. The van der Waals surface area contributed by atoms with Crippen molar-refractivity contribution in [3.8, 4) is 22.8 Å². The van der Waals surface area contributed by atoms with Crippen LogP contribution in [0.5, 0.6) is 11.5 Å². The van der Waals surface area contributed by atoms with Crippen molar-refractivity contribution in [2.24, 2.45) is 0 Å². The van der Waals surface area contributed by atoms with E-state index in [1.54, 1.807) is 31.4 Å². The lowest BCUT2D eigenvalue weighted by Crippen LogP contribution is -2.14. The summed E-state index contributed by atoms with van der Waals surface area (Å²) < 4.78 is 11.1. The fraction of sp³-hybridized carbons (Fsp3) is 0.179. The molecule has 0 unspecified atom stereocenters. The molecule has 0 radical (unpaired) electrons. The van der Waals surface area contributed by atoms with Gasteiger partial charge in [0.2, 0.25) is 0 Å². The molecule has 0 N–H and O–H groups in total. The number of pyridine rings is 1. The first kappa shape index (κ1) is 22.2. The molecule has 1 heterocycles. The topological polar surface area (TPSA) is 65.5 Å². The minimum Gasteiger partial charge on any atom is -0.497 e. The summed E-state index contributed by atoms with van der Waals surface area (Å²) >= 11 is 0. The Morgan fingerprint density at radius 1 is 0.909 bits per heavy atom. The highest BCUT2D eigenvalue weighted by Gasteiger charge is 2.23. The monoisotopic (exact) mass is 439 g/mol. The zero-order valence-electron chi connectivity index (χ0n) is 19.4. The van der Waals surface area contributed by atoms with Crippen LogP contribution in [0.2, 0.25) is 0 Å². The van der Waals surface area contributed by atoms with Crippen LogP contribution in [-0.2, 0) is 0 Å². The number of hydrogen-bond acceptors (Lipinski definition) is 5. The molecule has 0 spiro atoms. The number of hydrogen-bond donors (Lipinski definition) is 0. The van der Waals surface area contributed by atoms with E-state index in [-0.39, 0.29) is 11.5 Å². The predicted molar refractivity (Wildman–Crippen MR) is 129 cm³/mol. The molecule has 5 heteroatoms. The molecule has 3 aromatic carbocycles. The molecule has 5 nitrogen and oxygen atoms in total. The van der Waals surface area contributed by atoms with Crippen LogP contribution in [0.15, 0.2) is 60.7 Å². The Morgan fingerprint density at radius 2 is 1.61 bits per heavy atom. The summed E-state index contributed by atoms with van der Waals surface area (Å²) in [5, 5.41) is 0.729. The molecule has 0 aliphatic heterocycles. The smallest absolute Gasteiger partial charge is 0.344 e. The molecule has 0 fully saturated rings. The Kier molecular flexibility index (Phi) is 5.97. The molecule has 0 saturated heterocycles. The molecule has 4 aromatic rings. The fourth-order valence-corrected chi connectivity index (χ4v) is 4.11. The van der Waals surface area contributed by atoms with E-state index in [2.05, 4.69) is 0 Å². The molecule has 0 saturated carbocycles. The van der Waals surface area contributed by atoms with Gasteiger partial charge in [0.15, 0.2) is 5.78 Å². The van der Waals surface area contributed by atoms with Gasteiger partial charge in [-0.3, -0.25) is 4.79 Å². The second-order valence-electron chi connectivity index (χ2n) is 8.11. The lowest BCUT2D eigenvalue weighted by Gasteiger charge is -2.17. The number of aromatic nitrogens is 1. The van der Waals surface area contributed by atoms with E-state index in [1.807, 2.05) is 57.2 Å². The number of esters is 1. The number of aryl methyl sites for hydroxylation is 2. The van der Waals surface area contributed by atoms with Gasteiger partial charge in [0, 0.05) is 10.9 Å². The van der Waals surface area contributed by atoms with Gasteiger partial charge in [-0.15, -0.1) is 0 Å². The van der Waals surface area contributed by atoms with Crippen molar-refractivity contribution in [1.29, 1.82) is 0 Å². The number of carbonyl (C=O) groups excluding carboxylic acids is 2. The van der Waals surface area contributed by atoms with Gasteiger partial charge in [-0.05, 0) is 81.3 Å². The van der Waals surface area contributed by atoms with E-state index in [1.165, 1.54) is 6.92 Å². The lowest BCUT2D eigenvalue weighted by atomic mass is 9.95. The van der Waals surface area contributed by atoms with E-state index in [9.17, 15) is 9.59 Å². The van der Waals surface area contributed by atoms with Crippen molar-refractivity contribution in [3.63, 3.8) is 0 Å². The van der Waals surface area contributed by atoms with Crippen molar-refractivity contribution in [2.75, 3.05) is 7.11 Å². The van der Waals surface area contributed by atoms with Crippen LogP contribution in [0.4, 0.5) is 0 Å². The molecule has 33 heavy (non-hydrogen) atoms. The number of benzene rings is 3. The molecular formula is C28H25NO4. The van der Waals surface area contributed by atoms with Crippen LogP contribution in [0, 0.1) is 20.8 Å². The lowest BCUT2D eigenvalue weighted by molar-refractivity contribution is 0.0734. The van der Waals surface area contributed by atoms with Crippen LogP contribution in [0.25, 0.3) is 22.2 Å². The fourth-order valence-electron chi connectivity index (χ4n) is 4.11. The predicted octanol–water partition coefficient (Wildman–Crippen LogP) is 6.26. The van der Waals surface area contributed by atoms with Crippen molar-refractivity contribution >= 4 is 22.7 Å². The highest BCUT2D eigenvalue weighted by atomic mass is 16.5. The average molecular weight is 440 g/mol. The molecule has 0 aliphatic carbocycles. The third-order valence-electron chi connectivity index (χ3n) is 5.70. The Bertz CT molecular complexity index is 1390. The second kappa shape index (κ2) is 8.87. The molecule has 1 aromatic heterocycles. The largest absolute Gasteiger partial charge is 0.497 e. The summed E-state index contributed by atoms with van der Waals surface area (Å²) in [7, 11) is 1.62. The highest BCUT2D eigenvalue weighted by Crippen LogP contribution is 2.33. The van der Waals surface area contributed by atoms with Crippen molar-refractivity contribution in [2.45, 2.75) is 27.7 Å². The number of para-hydroxylation sites is 1. The molecule has 0 atom stereocenters. The summed E-state index contributed by atoms with van der Waals surface area (Å²) in [5.74, 6) is 0.299. The van der Waals surface area contributed by atoms with E-state index in [4.69, 9.17) is 14.5 Å². The van der Waals surface area contributed by atoms with Crippen LogP contribution in [0.3, 0.4) is 0 Å². The SMILES string of the molecule is COc1ccc(-c2nc3c(C)cc(C)cc3c(C(=O)Oc3ccccc3C(C)=O)c2C)cc1. The first-order valence-corrected chi connectivity index (χ1v) is 10.7. The first-order valence-electron chi connectivity index (χ1n) is 10.7. The van der Waals surface area contributed by atoms with Crippen molar-refractivity contribution in [3.05, 3.63) is 88.5 Å². The van der Waals surface area contributed by atoms with Crippen molar-refractivity contribution in [1.82, 2.24) is 4.98 Å². The summed E-state index contributed by atoms with van der Waals surface area (Å²) in [6.45, 7) is 7.29. The van der Waals surface area contributed by atoms with E-state index >= 15 is 0 Å². The molecular weight excluding hydrogens is 414 g/mol. The Hall–Kier alpha value is -3.99. The van der Waals surface area contributed by atoms with Crippen LogP contribution in [0.1, 0.15) is 44.3 Å². The number of nitrogens with zero attached hydrogens (tertiary/aromatic N) is 1. The minimum atomic E-state index is -0.520. The highest BCUT2D eigenvalue weighted by molar-refractivity contribution is 6.08. The van der Waals surface area contributed by atoms with E-state index < -0.39 is 5.97 Å². The molecule has 4 rings (SSSR count). The van der Waals surface area contributed by atoms with Crippen LogP contribution in [-0.4, -0.2) is 23.8 Å². The average Bonchev–Trinajstić information content (AvgIpc) is 2.79. The van der Waals surface area contributed by atoms with Crippen LogP contribution >= 0.6 is 0 Å². The number of methoxy groups -OCH3 is 1. The minimum absolute atomic E-state index is 0.166. The maximum atomic E-state index is 13.5. The summed E-state index contributed by atoms with van der Waals surface area (Å²) in [6, 6.07) is 18.3. The van der Waals surface area contributed by atoms with Gasteiger partial charge in [-0.1, -0.05) is 23.8 Å². The van der Waals surface area contributed by atoms with Gasteiger partial charge in [-0.25, -0.2) is 9.78 Å². The molecule has 0 bridgehead atoms. The zero-order chi connectivity index (χ0) is 23.7. The van der Waals surface area contributed by atoms with Gasteiger partial charge in [0.25, 0.3) is 0 Å². The molecule has 0 amide bonds. The molecule has 166 valence electrons. The summed E-state index contributed by atoms with van der Waals surface area (Å²) in [4.78, 5) is 30.5. The molecule has 0 aliphatic rings. The van der Waals surface area contributed by atoms with Gasteiger partial charge in [0.05, 0.1) is 29.4 Å². The third kappa shape index (κ3) is 4.22. The number of fused-ring (bicyclic) bond motifs is 1. The van der Waals surface area contributed by atoms with Gasteiger partial charge in [-0.2, -0.15) is 0 Å². The second-order valence-corrected chi connectivity index (χ2v) is 8.11. The number of rotatable bonds is 5. The Balaban J connectivity index is 1.93. The number of ether oxygens (including phenoxy) is 2. The Labute approximate surface area is 193 Å². The number of ketones is 1. The van der Waals surface area contributed by atoms with Crippen molar-refractivity contribution < 1.29 is 19.1 Å². The maximum Gasteiger partial charge on any atom is 0.344 e. The van der Waals surface area contributed by atoms with Gasteiger partial charge in [0.1, 0.15) is 11.5 Å². The number of Topliss-reactive ketones (excluding diaryl/α,β-unsaturated/α-hetero) is 1. The van der Waals surface area contributed by atoms with Gasteiger partial charge < -0.3 is 9.47 Å². The number of carbonyl (C=O) groups is 2. The maximum absolute atomic E-state index is 13.5. The summed E-state index contributed by atoms with van der Waals surface area (Å²) in [5.41, 5.74) is 5.82. The first-order chi connectivity index (χ1) is 15.8. The van der Waals surface area contributed by atoms with E-state index in [0.717, 1.165) is 33.3 Å². The van der Waals surface area contributed by atoms with Gasteiger partial charge >= 0.3 is 5.97 Å². The summed E-state index contributed by atoms with van der Waals surface area (Å²) in [6.07, 6.45) is 0.